The van der Waals surface area contributed by atoms with E-state index in [0.717, 1.165) is 18.2 Å². The van der Waals surface area contributed by atoms with Crippen molar-refractivity contribution in [2.75, 3.05) is 0 Å². The topological polar surface area (TPSA) is 60.2 Å². The van der Waals surface area contributed by atoms with Crippen LogP contribution in [0.2, 0.25) is 0 Å². The highest BCUT2D eigenvalue weighted by Crippen LogP contribution is 2.18. The fraction of sp³-hybridized carbons (Fsp3) is 0.0714. The minimum Gasteiger partial charge on any atom is -0.294 e. The Morgan fingerprint density at radius 3 is 2.47 bits per heavy atom. The second-order valence-electron chi connectivity index (χ2n) is 4.00. The van der Waals surface area contributed by atoms with Crippen LogP contribution < -0.4 is 0 Å². The molecule has 2 aromatic rings. The summed E-state index contributed by atoms with van der Waals surface area (Å²) in [4.78, 5) is 21.9. The third kappa shape index (κ3) is 3.01. The number of non-ortho nitro benzene ring substituents is 1. The van der Waals surface area contributed by atoms with Crippen molar-refractivity contribution in [3.63, 3.8) is 0 Å². The molecule has 5 heteroatoms. The second-order valence-corrected chi connectivity index (χ2v) is 4.00. The number of carbonyl (C=O) groups excluding carboxylic acids is 1. The van der Waals surface area contributed by atoms with Gasteiger partial charge in [-0.25, -0.2) is 4.39 Å². The van der Waals surface area contributed by atoms with Gasteiger partial charge in [0.25, 0.3) is 5.69 Å². The van der Waals surface area contributed by atoms with Gasteiger partial charge in [0.15, 0.2) is 5.78 Å². The van der Waals surface area contributed by atoms with Crippen LogP contribution in [0, 0.1) is 15.9 Å². The molecular formula is C14H10FNO3. The number of benzene rings is 2. The molecule has 0 N–H and O–H groups in total. The Morgan fingerprint density at radius 2 is 1.84 bits per heavy atom. The lowest BCUT2D eigenvalue weighted by atomic mass is 10.0. The van der Waals surface area contributed by atoms with Crippen molar-refractivity contribution in [3.05, 3.63) is 75.6 Å². The number of hydrogen-bond donors (Lipinski definition) is 0. The molecule has 2 aromatic carbocycles. The number of nitrogens with zero attached hydrogens (tertiary/aromatic N) is 1. The smallest absolute Gasteiger partial charge is 0.269 e. The zero-order valence-corrected chi connectivity index (χ0v) is 9.88. The van der Waals surface area contributed by atoms with Crippen LogP contribution in [0.25, 0.3) is 0 Å². The standard InChI is InChI=1S/C14H10FNO3/c15-13-7-6-12(16(18)19)8-11(13)9-14(17)10-4-2-1-3-5-10/h1-8H,9H2. The lowest BCUT2D eigenvalue weighted by Gasteiger charge is -2.03. The Hall–Kier alpha value is -2.56. The normalized spacial score (nSPS) is 10.2. The molecule has 0 aliphatic heterocycles. The molecule has 0 heterocycles. The van der Waals surface area contributed by atoms with Crippen molar-refractivity contribution < 1.29 is 14.1 Å². The summed E-state index contributed by atoms with van der Waals surface area (Å²) in [5, 5.41) is 10.6. The van der Waals surface area contributed by atoms with E-state index in [9.17, 15) is 19.3 Å². The average Bonchev–Trinajstić information content (AvgIpc) is 2.42. The molecule has 96 valence electrons. The third-order valence-corrected chi connectivity index (χ3v) is 2.69. The van der Waals surface area contributed by atoms with E-state index in [1.54, 1.807) is 30.3 Å². The zero-order valence-electron chi connectivity index (χ0n) is 9.88. The molecule has 0 aliphatic rings. The second kappa shape index (κ2) is 5.39. The quantitative estimate of drug-likeness (QED) is 0.481. The van der Waals surface area contributed by atoms with E-state index < -0.39 is 10.7 Å². The molecule has 0 unspecified atom stereocenters. The summed E-state index contributed by atoms with van der Waals surface area (Å²) >= 11 is 0. The van der Waals surface area contributed by atoms with Gasteiger partial charge >= 0.3 is 0 Å². The van der Waals surface area contributed by atoms with Crippen LogP contribution in [0.4, 0.5) is 10.1 Å². The molecule has 0 saturated heterocycles. The van der Waals surface area contributed by atoms with E-state index in [4.69, 9.17) is 0 Å². The average molecular weight is 259 g/mol. The maximum atomic E-state index is 13.5. The number of hydrogen-bond acceptors (Lipinski definition) is 3. The fourth-order valence-corrected chi connectivity index (χ4v) is 1.71. The molecule has 0 aromatic heterocycles. The first-order valence-electron chi connectivity index (χ1n) is 5.59. The predicted molar refractivity (Wildman–Crippen MR) is 67.5 cm³/mol. The van der Waals surface area contributed by atoms with Gasteiger partial charge in [-0.2, -0.15) is 0 Å². The monoisotopic (exact) mass is 259 g/mol. The Labute approximate surface area is 108 Å². The van der Waals surface area contributed by atoms with Crippen LogP contribution in [0.3, 0.4) is 0 Å². The van der Waals surface area contributed by atoms with Crippen LogP contribution in [0.15, 0.2) is 48.5 Å². The van der Waals surface area contributed by atoms with E-state index in [2.05, 4.69) is 0 Å². The molecule has 19 heavy (non-hydrogen) atoms. The van der Waals surface area contributed by atoms with Crippen LogP contribution in [0.5, 0.6) is 0 Å². The molecular weight excluding hydrogens is 249 g/mol. The summed E-state index contributed by atoms with van der Waals surface area (Å²) in [6, 6.07) is 11.6. The molecule has 0 radical (unpaired) electrons. The van der Waals surface area contributed by atoms with E-state index >= 15 is 0 Å². The summed E-state index contributed by atoms with van der Waals surface area (Å²) in [6.07, 6.45) is -0.197. The van der Waals surface area contributed by atoms with Crippen LogP contribution in [-0.4, -0.2) is 10.7 Å². The number of rotatable bonds is 4. The molecule has 0 aliphatic carbocycles. The number of halogens is 1. The SMILES string of the molecule is O=C(Cc1cc([N+](=O)[O-])ccc1F)c1ccccc1. The molecule has 0 spiro atoms. The van der Waals surface area contributed by atoms with Gasteiger partial charge in [-0.1, -0.05) is 30.3 Å². The van der Waals surface area contributed by atoms with Crippen molar-refractivity contribution in [1.82, 2.24) is 0 Å². The Bertz CT molecular complexity index is 626. The summed E-state index contributed by atoms with van der Waals surface area (Å²) in [6.45, 7) is 0. The van der Waals surface area contributed by atoms with Crippen molar-refractivity contribution >= 4 is 11.5 Å². The number of ketones is 1. The first kappa shape index (κ1) is 12.9. The minimum absolute atomic E-state index is 0.0306. The van der Waals surface area contributed by atoms with Gasteiger partial charge in [0.1, 0.15) is 5.82 Å². The number of nitro groups is 1. The third-order valence-electron chi connectivity index (χ3n) is 2.69. The van der Waals surface area contributed by atoms with Crippen molar-refractivity contribution in [3.8, 4) is 0 Å². The van der Waals surface area contributed by atoms with Crippen molar-refractivity contribution in [1.29, 1.82) is 0 Å². The van der Waals surface area contributed by atoms with Gasteiger partial charge in [-0.05, 0) is 6.07 Å². The van der Waals surface area contributed by atoms with E-state index in [1.807, 2.05) is 0 Å². The number of nitro benzene ring substituents is 1. The predicted octanol–water partition coefficient (Wildman–Crippen LogP) is 3.16. The first-order chi connectivity index (χ1) is 9.08. The molecule has 0 amide bonds. The molecule has 4 nitrogen and oxygen atoms in total. The highest BCUT2D eigenvalue weighted by molar-refractivity contribution is 5.97. The van der Waals surface area contributed by atoms with E-state index in [0.29, 0.717) is 5.56 Å². The fourth-order valence-electron chi connectivity index (χ4n) is 1.71. The van der Waals surface area contributed by atoms with Gasteiger partial charge < -0.3 is 0 Å². The summed E-state index contributed by atoms with van der Waals surface area (Å²) in [7, 11) is 0. The number of carbonyl (C=O) groups is 1. The maximum absolute atomic E-state index is 13.5. The van der Waals surface area contributed by atoms with Crippen LogP contribution >= 0.6 is 0 Å². The summed E-state index contributed by atoms with van der Waals surface area (Å²) in [5.41, 5.74) is 0.258. The lowest BCUT2D eigenvalue weighted by Crippen LogP contribution is -2.05. The van der Waals surface area contributed by atoms with Gasteiger partial charge in [-0.15, -0.1) is 0 Å². The van der Waals surface area contributed by atoms with Crippen molar-refractivity contribution in [2.24, 2.45) is 0 Å². The largest absolute Gasteiger partial charge is 0.294 e. The summed E-state index contributed by atoms with van der Waals surface area (Å²) < 4.78 is 13.5. The molecule has 0 bridgehead atoms. The molecule has 0 saturated carbocycles. The van der Waals surface area contributed by atoms with Gasteiger partial charge in [0, 0.05) is 29.7 Å². The Morgan fingerprint density at radius 1 is 1.16 bits per heavy atom. The Kier molecular flexibility index (Phi) is 3.66. The Balaban J connectivity index is 2.26. The lowest BCUT2D eigenvalue weighted by molar-refractivity contribution is -0.385. The van der Waals surface area contributed by atoms with Crippen LogP contribution in [-0.2, 0) is 6.42 Å². The highest BCUT2D eigenvalue weighted by Gasteiger charge is 2.14. The summed E-state index contributed by atoms with van der Waals surface area (Å²) in [5.74, 6) is -0.894. The van der Waals surface area contributed by atoms with Gasteiger partial charge in [0.2, 0.25) is 0 Å². The zero-order chi connectivity index (χ0) is 13.8. The van der Waals surface area contributed by atoms with E-state index in [-0.39, 0.29) is 23.5 Å². The van der Waals surface area contributed by atoms with Gasteiger partial charge in [-0.3, -0.25) is 14.9 Å². The number of Topliss-reactive ketones (excluding diaryl/α,β-unsaturated/α-hetero) is 1. The van der Waals surface area contributed by atoms with E-state index in [1.165, 1.54) is 0 Å². The molecule has 0 atom stereocenters. The maximum Gasteiger partial charge on any atom is 0.269 e. The van der Waals surface area contributed by atoms with Crippen molar-refractivity contribution in [2.45, 2.75) is 6.42 Å². The van der Waals surface area contributed by atoms with Crippen LogP contribution in [0.1, 0.15) is 15.9 Å². The highest BCUT2D eigenvalue weighted by atomic mass is 19.1. The molecule has 0 fully saturated rings. The minimum atomic E-state index is -0.616. The molecule has 2 rings (SSSR count). The van der Waals surface area contributed by atoms with Gasteiger partial charge in [0.05, 0.1) is 4.92 Å². The first-order valence-corrected chi connectivity index (χ1v) is 5.59.